The molecule has 0 saturated heterocycles. The summed E-state index contributed by atoms with van der Waals surface area (Å²) in [4.78, 5) is 0. The second kappa shape index (κ2) is 4.32. The minimum absolute atomic E-state index is 0.370. The summed E-state index contributed by atoms with van der Waals surface area (Å²) in [6.07, 6.45) is 5.27. The van der Waals surface area contributed by atoms with Crippen molar-refractivity contribution in [3.8, 4) is 0 Å². The Kier molecular flexibility index (Phi) is 3.67. The van der Waals surface area contributed by atoms with Gasteiger partial charge in [-0.3, -0.25) is 0 Å². The second-order valence-corrected chi connectivity index (χ2v) is 4.04. The fourth-order valence-corrected chi connectivity index (χ4v) is 1.58. The van der Waals surface area contributed by atoms with Crippen LogP contribution in [0.25, 0.3) is 0 Å². The van der Waals surface area contributed by atoms with Crippen molar-refractivity contribution in [2.24, 2.45) is 5.92 Å². The van der Waals surface area contributed by atoms with E-state index in [2.05, 4.69) is 6.92 Å². The van der Waals surface area contributed by atoms with Crippen molar-refractivity contribution in [1.82, 2.24) is 0 Å². The number of methoxy groups -OCH3 is 1. The average molecular weight is 177 g/mol. The highest BCUT2D eigenvalue weighted by atomic mass is 35.5. The van der Waals surface area contributed by atoms with E-state index in [0.29, 0.717) is 11.5 Å². The Balaban J connectivity index is 2.00. The summed E-state index contributed by atoms with van der Waals surface area (Å²) in [7, 11) is 1.75. The molecule has 1 rings (SSSR count). The number of ether oxygens (including phenoxy) is 1. The van der Waals surface area contributed by atoms with Crippen molar-refractivity contribution in [3.05, 3.63) is 0 Å². The van der Waals surface area contributed by atoms with Crippen molar-refractivity contribution in [1.29, 1.82) is 0 Å². The van der Waals surface area contributed by atoms with Gasteiger partial charge < -0.3 is 4.74 Å². The van der Waals surface area contributed by atoms with Crippen LogP contribution in [0.15, 0.2) is 0 Å². The molecule has 1 saturated carbocycles. The van der Waals surface area contributed by atoms with Crippen LogP contribution in [-0.4, -0.2) is 18.6 Å². The van der Waals surface area contributed by atoms with Crippen LogP contribution in [0.2, 0.25) is 0 Å². The lowest BCUT2D eigenvalue weighted by molar-refractivity contribution is 0.108. The van der Waals surface area contributed by atoms with E-state index in [0.717, 1.165) is 18.8 Å². The van der Waals surface area contributed by atoms with E-state index in [1.165, 1.54) is 12.8 Å². The quantitative estimate of drug-likeness (QED) is 0.586. The second-order valence-electron chi connectivity index (χ2n) is 3.48. The van der Waals surface area contributed by atoms with Crippen LogP contribution in [0, 0.1) is 5.92 Å². The van der Waals surface area contributed by atoms with Crippen LogP contribution in [0.1, 0.15) is 32.6 Å². The summed E-state index contributed by atoms with van der Waals surface area (Å²) >= 11 is 6.12. The van der Waals surface area contributed by atoms with Crippen LogP contribution in [-0.2, 0) is 4.74 Å². The number of alkyl halides is 1. The van der Waals surface area contributed by atoms with E-state index >= 15 is 0 Å². The molecule has 1 nitrogen and oxygen atoms in total. The predicted octanol–water partition coefficient (Wildman–Crippen LogP) is 2.82. The lowest BCUT2D eigenvalue weighted by atomic mass is 10.1. The number of hydrogen-bond donors (Lipinski definition) is 0. The van der Waals surface area contributed by atoms with Gasteiger partial charge in [0.15, 0.2) is 0 Å². The molecule has 0 radical (unpaired) electrons. The normalized spacial score (nSPS) is 23.2. The maximum atomic E-state index is 6.12. The molecule has 0 amide bonds. The average Bonchev–Trinajstić information content (AvgIpc) is 2.81. The fourth-order valence-electron chi connectivity index (χ4n) is 1.21. The van der Waals surface area contributed by atoms with Crippen molar-refractivity contribution in [3.63, 3.8) is 0 Å². The van der Waals surface area contributed by atoms with Crippen molar-refractivity contribution < 1.29 is 4.74 Å². The largest absolute Gasteiger partial charge is 0.382 e. The Labute approximate surface area is 74.1 Å². The third kappa shape index (κ3) is 3.44. The highest BCUT2D eigenvalue weighted by Gasteiger charge is 2.29. The summed E-state index contributed by atoms with van der Waals surface area (Å²) < 4.78 is 5.14. The van der Waals surface area contributed by atoms with E-state index in [1.807, 2.05) is 0 Å². The predicted molar refractivity (Wildman–Crippen MR) is 48.1 cm³/mol. The third-order valence-corrected chi connectivity index (χ3v) is 2.96. The van der Waals surface area contributed by atoms with E-state index in [4.69, 9.17) is 16.3 Å². The van der Waals surface area contributed by atoms with Crippen molar-refractivity contribution >= 4 is 11.6 Å². The molecule has 0 N–H and O–H groups in total. The topological polar surface area (TPSA) is 9.23 Å². The monoisotopic (exact) mass is 176 g/mol. The highest BCUT2D eigenvalue weighted by molar-refractivity contribution is 6.20. The van der Waals surface area contributed by atoms with E-state index in [9.17, 15) is 0 Å². The first-order chi connectivity index (χ1) is 5.24. The summed E-state index contributed by atoms with van der Waals surface area (Å²) in [5.41, 5.74) is 0. The molecule has 1 aliphatic carbocycles. The van der Waals surface area contributed by atoms with Gasteiger partial charge in [-0.1, -0.05) is 0 Å². The van der Waals surface area contributed by atoms with Gasteiger partial charge in [-0.2, -0.15) is 0 Å². The van der Waals surface area contributed by atoms with Crippen LogP contribution in [0.3, 0.4) is 0 Å². The zero-order chi connectivity index (χ0) is 8.27. The molecule has 11 heavy (non-hydrogen) atoms. The first-order valence-corrected chi connectivity index (χ1v) is 4.84. The fraction of sp³-hybridized carbons (Fsp3) is 1.00. The first kappa shape index (κ1) is 9.34. The van der Waals surface area contributed by atoms with Gasteiger partial charge in [-0.05, 0) is 38.5 Å². The minimum Gasteiger partial charge on any atom is -0.382 e. The Morgan fingerprint density at radius 3 is 2.55 bits per heavy atom. The Morgan fingerprint density at radius 1 is 1.45 bits per heavy atom. The molecule has 0 bridgehead atoms. The van der Waals surface area contributed by atoms with Gasteiger partial charge in [-0.25, -0.2) is 0 Å². The van der Waals surface area contributed by atoms with Gasteiger partial charge in [0.05, 0.1) is 6.10 Å². The molecule has 0 aromatic rings. The molecule has 0 aromatic heterocycles. The molecule has 2 heteroatoms. The zero-order valence-electron chi connectivity index (χ0n) is 7.35. The van der Waals surface area contributed by atoms with Crippen LogP contribution < -0.4 is 0 Å². The van der Waals surface area contributed by atoms with Gasteiger partial charge >= 0.3 is 0 Å². The third-order valence-electron chi connectivity index (χ3n) is 2.38. The lowest BCUT2D eigenvalue weighted by Gasteiger charge is -2.11. The van der Waals surface area contributed by atoms with Crippen LogP contribution in [0.4, 0.5) is 0 Å². The SMILES string of the molecule is COC(C)CCC(Cl)C1CC1. The van der Waals surface area contributed by atoms with Gasteiger partial charge in [0.1, 0.15) is 0 Å². The molecule has 1 aliphatic rings. The van der Waals surface area contributed by atoms with Gasteiger partial charge in [-0.15, -0.1) is 11.6 Å². The van der Waals surface area contributed by atoms with Gasteiger partial charge in [0.2, 0.25) is 0 Å². The zero-order valence-corrected chi connectivity index (χ0v) is 8.10. The molecular formula is C9H17ClO. The molecule has 0 aliphatic heterocycles. The van der Waals surface area contributed by atoms with E-state index in [1.54, 1.807) is 7.11 Å². The van der Waals surface area contributed by atoms with Crippen molar-refractivity contribution in [2.45, 2.75) is 44.1 Å². The first-order valence-electron chi connectivity index (χ1n) is 4.41. The molecule has 0 heterocycles. The lowest BCUT2D eigenvalue weighted by Crippen LogP contribution is -2.09. The maximum absolute atomic E-state index is 6.12. The maximum Gasteiger partial charge on any atom is 0.0543 e. The molecule has 1 fully saturated rings. The van der Waals surface area contributed by atoms with Crippen LogP contribution >= 0.6 is 11.6 Å². The van der Waals surface area contributed by atoms with E-state index < -0.39 is 0 Å². The number of rotatable bonds is 5. The molecular weight excluding hydrogens is 160 g/mol. The summed E-state index contributed by atoms with van der Waals surface area (Å²) in [6, 6.07) is 0. The summed E-state index contributed by atoms with van der Waals surface area (Å²) in [6.45, 7) is 2.09. The Hall–Kier alpha value is 0.250. The summed E-state index contributed by atoms with van der Waals surface area (Å²) in [5.74, 6) is 0.820. The number of hydrogen-bond acceptors (Lipinski definition) is 1. The molecule has 2 atom stereocenters. The highest BCUT2D eigenvalue weighted by Crippen LogP contribution is 2.37. The van der Waals surface area contributed by atoms with Crippen LogP contribution in [0.5, 0.6) is 0 Å². The Morgan fingerprint density at radius 2 is 2.09 bits per heavy atom. The molecule has 2 unspecified atom stereocenters. The van der Waals surface area contributed by atoms with Gasteiger partial charge in [0, 0.05) is 12.5 Å². The van der Waals surface area contributed by atoms with Crippen molar-refractivity contribution in [2.75, 3.05) is 7.11 Å². The molecule has 0 spiro atoms. The van der Waals surface area contributed by atoms with E-state index in [-0.39, 0.29) is 0 Å². The smallest absolute Gasteiger partial charge is 0.0543 e. The molecule has 66 valence electrons. The minimum atomic E-state index is 0.370. The molecule has 0 aromatic carbocycles. The summed E-state index contributed by atoms with van der Waals surface area (Å²) in [5, 5.41) is 0.410. The number of halogens is 1. The van der Waals surface area contributed by atoms with Gasteiger partial charge in [0.25, 0.3) is 0 Å². The standard InChI is InChI=1S/C9H17ClO/c1-7(11-2)3-6-9(10)8-4-5-8/h7-9H,3-6H2,1-2H3. The Bertz CT molecular complexity index is 112.